The van der Waals surface area contributed by atoms with E-state index >= 15 is 0 Å². The number of hydrogen-bond acceptors (Lipinski definition) is 2. The Kier molecular flexibility index (Phi) is 2.95. The first-order valence-electron chi connectivity index (χ1n) is 3.72. The lowest BCUT2D eigenvalue weighted by atomic mass is 10.2. The zero-order chi connectivity index (χ0) is 10.7. The molecule has 0 radical (unpaired) electrons. The van der Waals surface area contributed by atoms with Gasteiger partial charge in [0.25, 0.3) is 0 Å². The standard InChI is InChI=1S/C9H7ClN2O2/c1-12(9(13)14)8-3-2-7(10)4-6(8)5-11/h2-4H,1H3,(H,13,14). The first kappa shape index (κ1) is 10.4. The van der Waals surface area contributed by atoms with Gasteiger partial charge in [-0.1, -0.05) is 11.6 Å². The van der Waals surface area contributed by atoms with Crippen molar-refractivity contribution in [2.45, 2.75) is 0 Å². The molecule has 0 spiro atoms. The van der Waals surface area contributed by atoms with Gasteiger partial charge in [0.15, 0.2) is 0 Å². The van der Waals surface area contributed by atoms with Gasteiger partial charge in [-0.05, 0) is 18.2 Å². The molecule has 0 aliphatic heterocycles. The number of halogens is 1. The van der Waals surface area contributed by atoms with E-state index in [1.54, 1.807) is 0 Å². The third kappa shape index (κ3) is 1.95. The van der Waals surface area contributed by atoms with Gasteiger partial charge in [-0.3, -0.25) is 4.90 Å². The number of hydrogen-bond donors (Lipinski definition) is 1. The van der Waals surface area contributed by atoms with Crippen molar-refractivity contribution in [3.63, 3.8) is 0 Å². The maximum atomic E-state index is 10.6. The van der Waals surface area contributed by atoms with E-state index in [2.05, 4.69) is 0 Å². The van der Waals surface area contributed by atoms with Gasteiger partial charge in [0.05, 0.1) is 11.3 Å². The molecule has 0 bridgehead atoms. The molecule has 1 amide bonds. The molecule has 0 fully saturated rings. The van der Waals surface area contributed by atoms with E-state index in [0.29, 0.717) is 10.7 Å². The Hall–Kier alpha value is -1.73. The van der Waals surface area contributed by atoms with E-state index in [1.165, 1.54) is 25.2 Å². The van der Waals surface area contributed by atoms with E-state index in [4.69, 9.17) is 22.0 Å². The lowest BCUT2D eigenvalue weighted by Crippen LogP contribution is -2.24. The van der Waals surface area contributed by atoms with Crippen LogP contribution in [0.25, 0.3) is 0 Å². The van der Waals surface area contributed by atoms with Crippen molar-refractivity contribution < 1.29 is 9.90 Å². The van der Waals surface area contributed by atoms with E-state index in [0.717, 1.165) is 4.90 Å². The van der Waals surface area contributed by atoms with E-state index < -0.39 is 6.09 Å². The molecule has 1 N–H and O–H groups in total. The molecule has 0 aliphatic rings. The van der Waals surface area contributed by atoms with Gasteiger partial charge >= 0.3 is 6.09 Å². The SMILES string of the molecule is CN(C(=O)O)c1ccc(Cl)cc1C#N. The molecule has 0 saturated carbocycles. The van der Waals surface area contributed by atoms with Crippen molar-refractivity contribution >= 4 is 23.4 Å². The number of benzene rings is 1. The molecular weight excluding hydrogens is 204 g/mol. The molecular formula is C9H7ClN2O2. The van der Waals surface area contributed by atoms with Gasteiger partial charge < -0.3 is 5.11 Å². The van der Waals surface area contributed by atoms with Gasteiger partial charge in [-0.25, -0.2) is 4.79 Å². The van der Waals surface area contributed by atoms with Crippen LogP contribution in [-0.4, -0.2) is 18.2 Å². The van der Waals surface area contributed by atoms with Crippen LogP contribution in [0.2, 0.25) is 5.02 Å². The second-order valence-corrected chi connectivity index (χ2v) is 3.05. The molecule has 0 aromatic heterocycles. The minimum absolute atomic E-state index is 0.238. The van der Waals surface area contributed by atoms with Crippen LogP contribution in [-0.2, 0) is 0 Å². The van der Waals surface area contributed by atoms with Crippen molar-refractivity contribution in [3.05, 3.63) is 28.8 Å². The summed E-state index contributed by atoms with van der Waals surface area (Å²) in [4.78, 5) is 11.6. The zero-order valence-electron chi connectivity index (χ0n) is 7.36. The normalized spacial score (nSPS) is 9.21. The Morgan fingerprint density at radius 2 is 2.29 bits per heavy atom. The number of amides is 1. The summed E-state index contributed by atoms with van der Waals surface area (Å²) in [6, 6.07) is 6.34. The number of carboxylic acid groups (broad SMARTS) is 1. The number of anilines is 1. The zero-order valence-corrected chi connectivity index (χ0v) is 8.12. The summed E-state index contributed by atoms with van der Waals surface area (Å²) in [5.41, 5.74) is 0.562. The van der Waals surface area contributed by atoms with Crippen LogP contribution in [0.15, 0.2) is 18.2 Å². The van der Waals surface area contributed by atoms with Crippen LogP contribution in [0.3, 0.4) is 0 Å². The lowest BCUT2D eigenvalue weighted by molar-refractivity contribution is 0.203. The summed E-state index contributed by atoms with van der Waals surface area (Å²) < 4.78 is 0. The van der Waals surface area contributed by atoms with E-state index in [9.17, 15) is 4.79 Å². The highest BCUT2D eigenvalue weighted by Gasteiger charge is 2.12. The Bertz CT molecular complexity index is 412. The van der Waals surface area contributed by atoms with Gasteiger partial charge in [-0.15, -0.1) is 0 Å². The Labute approximate surface area is 85.9 Å². The number of nitrogens with zero attached hydrogens (tertiary/aromatic N) is 2. The second-order valence-electron chi connectivity index (χ2n) is 2.61. The highest BCUT2D eigenvalue weighted by atomic mass is 35.5. The predicted molar refractivity (Wildman–Crippen MR) is 52.6 cm³/mol. The molecule has 5 heteroatoms. The van der Waals surface area contributed by atoms with Crippen LogP contribution in [0, 0.1) is 11.3 Å². The topological polar surface area (TPSA) is 64.3 Å². The Morgan fingerprint density at radius 1 is 1.64 bits per heavy atom. The monoisotopic (exact) mass is 210 g/mol. The van der Waals surface area contributed by atoms with Crippen LogP contribution in [0.4, 0.5) is 10.5 Å². The molecule has 1 aromatic carbocycles. The fraction of sp³-hybridized carbons (Fsp3) is 0.111. The molecule has 0 unspecified atom stereocenters. The fourth-order valence-electron chi connectivity index (χ4n) is 0.993. The van der Waals surface area contributed by atoms with Crippen LogP contribution < -0.4 is 4.90 Å². The first-order valence-corrected chi connectivity index (χ1v) is 4.10. The van der Waals surface area contributed by atoms with Crippen molar-refractivity contribution in [3.8, 4) is 6.07 Å². The molecule has 1 rings (SSSR count). The van der Waals surface area contributed by atoms with Gasteiger partial charge in [0.1, 0.15) is 6.07 Å². The summed E-state index contributed by atoms with van der Waals surface area (Å²) in [6.45, 7) is 0. The largest absolute Gasteiger partial charge is 0.465 e. The average molecular weight is 211 g/mol. The molecule has 14 heavy (non-hydrogen) atoms. The molecule has 0 aliphatic carbocycles. The summed E-state index contributed by atoms with van der Waals surface area (Å²) in [5, 5.41) is 17.9. The van der Waals surface area contributed by atoms with Crippen LogP contribution in [0.1, 0.15) is 5.56 Å². The molecule has 0 heterocycles. The fourth-order valence-corrected chi connectivity index (χ4v) is 1.17. The third-order valence-electron chi connectivity index (χ3n) is 1.73. The third-order valence-corrected chi connectivity index (χ3v) is 1.96. The molecule has 4 nitrogen and oxygen atoms in total. The summed E-state index contributed by atoms with van der Waals surface area (Å²) >= 11 is 5.66. The first-order chi connectivity index (χ1) is 6.56. The maximum Gasteiger partial charge on any atom is 0.411 e. The number of nitriles is 1. The van der Waals surface area contributed by atoms with Crippen LogP contribution in [0.5, 0.6) is 0 Å². The van der Waals surface area contributed by atoms with Crippen LogP contribution >= 0.6 is 11.6 Å². The smallest absolute Gasteiger partial charge is 0.411 e. The lowest BCUT2D eigenvalue weighted by Gasteiger charge is -2.14. The predicted octanol–water partition coefficient (Wildman–Crippen LogP) is 2.33. The van der Waals surface area contributed by atoms with Crippen molar-refractivity contribution in [2.24, 2.45) is 0 Å². The summed E-state index contributed by atoms with van der Waals surface area (Å²) in [7, 11) is 1.37. The van der Waals surface area contributed by atoms with E-state index in [-0.39, 0.29) is 5.56 Å². The van der Waals surface area contributed by atoms with Gasteiger partial charge in [0.2, 0.25) is 0 Å². The summed E-state index contributed by atoms with van der Waals surface area (Å²) in [6.07, 6.45) is -1.12. The molecule has 72 valence electrons. The average Bonchev–Trinajstić information content (AvgIpc) is 2.16. The number of rotatable bonds is 1. The summed E-state index contributed by atoms with van der Waals surface area (Å²) in [5.74, 6) is 0. The number of carbonyl (C=O) groups is 1. The van der Waals surface area contributed by atoms with Gasteiger partial charge in [-0.2, -0.15) is 5.26 Å². The Balaban J connectivity index is 3.22. The molecule has 0 saturated heterocycles. The molecule has 1 aromatic rings. The maximum absolute atomic E-state index is 10.6. The second kappa shape index (κ2) is 3.99. The van der Waals surface area contributed by atoms with Crippen molar-refractivity contribution in [2.75, 3.05) is 11.9 Å². The minimum Gasteiger partial charge on any atom is -0.465 e. The minimum atomic E-state index is -1.12. The van der Waals surface area contributed by atoms with E-state index in [1.807, 2.05) is 6.07 Å². The quantitative estimate of drug-likeness (QED) is 0.774. The highest BCUT2D eigenvalue weighted by Crippen LogP contribution is 2.22. The van der Waals surface area contributed by atoms with Crippen molar-refractivity contribution in [1.29, 1.82) is 5.26 Å². The highest BCUT2D eigenvalue weighted by molar-refractivity contribution is 6.30. The van der Waals surface area contributed by atoms with Gasteiger partial charge in [0, 0.05) is 12.1 Å². The van der Waals surface area contributed by atoms with Crippen molar-refractivity contribution in [1.82, 2.24) is 0 Å². The molecule has 0 atom stereocenters. The Morgan fingerprint density at radius 3 is 2.79 bits per heavy atom.